The van der Waals surface area contributed by atoms with E-state index in [1.807, 2.05) is 0 Å². The summed E-state index contributed by atoms with van der Waals surface area (Å²) in [5, 5.41) is 0.854. The van der Waals surface area contributed by atoms with Crippen molar-refractivity contribution in [3.05, 3.63) is 40.2 Å². The third-order valence-electron chi connectivity index (χ3n) is 2.88. The largest absolute Gasteiger partial charge is 0.472 e. The van der Waals surface area contributed by atoms with Crippen molar-refractivity contribution >= 4 is 17.3 Å². The van der Waals surface area contributed by atoms with Gasteiger partial charge in [0.25, 0.3) is 0 Å². The molecule has 3 rings (SSSR count). The molecule has 0 unspecified atom stereocenters. The Labute approximate surface area is 114 Å². The molecule has 3 heterocycles. The maximum absolute atomic E-state index is 11.8. The Balaban J connectivity index is 1.60. The van der Waals surface area contributed by atoms with E-state index in [1.54, 1.807) is 24.8 Å². The van der Waals surface area contributed by atoms with E-state index in [9.17, 15) is 4.79 Å². The number of carbonyl (C=O) groups is 1. The lowest BCUT2D eigenvalue weighted by atomic mass is 10.2. The second kappa shape index (κ2) is 5.54. The van der Waals surface area contributed by atoms with Gasteiger partial charge in [0.2, 0.25) is 0 Å². The quantitative estimate of drug-likeness (QED) is 0.805. The van der Waals surface area contributed by atoms with E-state index in [0.717, 1.165) is 30.0 Å². The number of carbonyl (C=O) groups excluding carboxylic acids is 1. The van der Waals surface area contributed by atoms with Crippen molar-refractivity contribution in [2.24, 2.45) is 0 Å². The Morgan fingerprint density at radius 2 is 2.53 bits per heavy atom. The topological polar surface area (TPSA) is 61.6 Å². The van der Waals surface area contributed by atoms with Gasteiger partial charge in [-0.3, -0.25) is 0 Å². The van der Waals surface area contributed by atoms with Crippen LogP contribution < -0.4 is 0 Å². The molecule has 1 saturated heterocycles. The lowest BCUT2D eigenvalue weighted by molar-refractivity contribution is 0.0477. The van der Waals surface area contributed by atoms with Crippen LogP contribution in [-0.4, -0.2) is 17.6 Å². The van der Waals surface area contributed by atoms with Crippen molar-refractivity contribution in [1.29, 1.82) is 0 Å². The molecule has 100 valence electrons. The minimum absolute atomic E-state index is 0.0421. The zero-order valence-corrected chi connectivity index (χ0v) is 11.0. The summed E-state index contributed by atoms with van der Waals surface area (Å²) in [5.74, 6) is -0.358. The van der Waals surface area contributed by atoms with Crippen molar-refractivity contribution in [1.82, 2.24) is 4.98 Å². The van der Waals surface area contributed by atoms with Crippen molar-refractivity contribution in [2.45, 2.75) is 25.6 Å². The molecule has 0 bridgehead atoms. The number of nitrogens with zero attached hydrogens (tertiary/aromatic N) is 1. The summed E-state index contributed by atoms with van der Waals surface area (Å²) in [6.45, 7) is 0.979. The molecule has 1 fully saturated rings. The van der Waals surface area contributed by atoms with Crippen LogP contribution in [0.4, 0.5) is 0 Å². The Morgan fingerprint density at radius 1 is 1.58 bits per heavy atom. The zero-order chi connectivity index (χ0) is 13.1. The summed E-state index contributed by atoms with van der Waals surface area (Å²) >= 11 is 1.34. The maximum atomic E-state index is 11.8. The first-order valence-corrected chi connectivity index (χ1v) is 6.90. The highest BCUT2D eigenvalue weighted by atomic mass is 32.1. The highest BCUT2D eigenvalue weighted by Gasteiger charge is 2.22. The molecule has 1 atom stereocenters. The van der Waals surface area contributed by atoms with Crippen molar-refractivity contribution < 1.29 is 18.7 Å². The number of aromatic nitrogens is 1. The molecular weight excluding hydrogens is 266 g/mol. The van der Waals surface area contributed by atoms with Gasteiger partial charge < -0.3 is 13.9 Å². The van der Waals surface area contributed by atoms with Gasteiger partial charge in [-0.1, -0.05) is 0 Å². The third-order valence-corrected chi connectivity index (χ3v) is 3.95. The van der Waals surface area contributed by atoms with Crippen molar-refractivity contribution in [3.8, 4) is 0 Å². The molecule has 0 amide bonds. The predicted octanol–water partition coefficient (Wildman–Crippen LogP) is 2.94. The summed E-state index contributed by atoms with van der Waals surface area (Å²) < 4.78 is 15.6. The van der Waals surface area contributed by atoms with Gasteiger partial charge in [-0.2, -0.15) is 0 Å². The average molecular weight is 279 g/mol. The van der Waals surface area contributed by atoms with Gasteiger partial charge in [0.05, 0.1) is 18.7 Å². The number of thiazole rings is 1. The molecule has 19 heavy (non-hydrogen) atoms. The van der Waals surface area contributed by atoms with Gasteiger partial charge in [-0.15, -0.1) is 11.3 Å². The smallest absolute Gasteiger partial charge is 0.350 e. The molecule has 0 saturated carbocycles. The normalized spacial score (nSPS) is 18.6. The van der Waals surface area contributed by atoms with E-state index in [0.29, 0.717) is 4.88 Å². The van der Waals surface area contributed by atoms with Gasteiger partial charge in [0.15, 0.2) is 0 Å². The van der Waals surface area contributed by atoms with E-state index >= 15 is 0 Å². The molecule has 0 aromatic carbocycles. The first-order valence-electron chi connectivity index (χ1n) is 6.08. The van der Waals surface area contributed by atoms with Crippen LogP contribution in [0.1, 0.15) is 39.2 Å². The van der Waals surface area contributed by atoms with Crippen LogP contribution in [0.25, 0.3) is 0 Å². The first kappa shape index (κ1) is 12.4. The van der Waals surface area contributed by atoms with Gasteiger partial charge in [0.1, 0.15) is 22.6 Å². The maximum Gasteiger partial charge on any atom is 0.350 e. The molecule has 2 aromatic rings. The van der Waals surface area contributed by atoms with E-state index in [4.69, 9.17) is 13.9 Å². The Morgan fingerprint density at radius 3 is 3.26 bits per heavy atom. The van der Waals surface area contributed by atoms with Crippen LogP contribution in [0.15, 0.2) is 29.2 Å². The summed E-state index contributed by atoms with van der Waals surface area (Å²) in [6, 6.07) is 1.76. The van der Waals surface area contributed by atoms with Crippen LogP contribution in [0, 0.1) is 0 Å². The number of hydrogen-bond acceptors (Lipinski definition) is 6. The molecule has 0 aliphatic carbocycles. The first-order chi connectivity index (χ1) is 9.33. The van der Waals surface area contributed by atoms with E-state index in [2.05, 4.69) is 4.98 Å². The number of furan rings is 1. The summed E-state index contributed by atoms with van der Waals surface area (Å²) in [5.41, 5.74) is 0.831. The van der Waals surface area contributed by atoms with Crippen LogP contribution in [0.5, 0.6) is 0 Å². The Hall–Kier alpha value is -1.66. The summed E-state index contributed by atoms with van der Waals surface area (Å²) in [4.78, 5) is 16.6. The Bertz CT molecular complexity index is 543. The van der Waals surface area contributed by atoms with E-state index in [-0.39, 0.29) is 18.7 Å². The molecular formula is C13H13NO4S. The molecule has 5 nitrogen and oxygen atoms in total. The minimum atomic E-state index is -0.358. The van der Waals surface area contributed by atoms with Gasteiger partial charge in [-0.25, -0.2) is 9.78 Å². The zero-order valence-electron chi connectivity index (χ0n) is 10.2. The second-order valence-electron chi connectivity index (χ2n) is 4.27. The summed E-state index contributed by atoms with van der Waals surface area (Å²) in [6.07, 6.45) is 6.71. The van der Waals surface area contributed by atoms with Crippen LogP contribution in [-0.2, 0) is 16.1 Å². The monoisotopic (exact) mass is 279 g/mol. The lowest BCUT2D eigenvalue weighted by Gasteiger charge is -2.03. The van der Waals surface area contributed by atoms with Crippen LogP contribution >= 0.6 is 11.3 Å². The number of rotatable bonds is 4. The predicted molar refractivity (Wildman–Crippen MR) is 67.9 cm³/mol. The molecule has 2 aromatic heterocycles. The highest BCUT2D eigenvalue weighted by Crippen LogP contribution is 2.31. The van der Waals surface area contributed by atoms with Gasteiger partial charge in [-0.05, 0) is 18.9 Å². The van der Waals surface area contributed by atoms with Crippen LogP contribution in [0.3, 0.4) is 0 Å². The fourth-order valence-corrected chi connectivity index (χ4v) is 2.79. The van der Waals surface area contributed by atoms with Crippen molar-refractivity contribution in [3.63, 3.8) is 0 Å². The van der Waals surface area contributed by atoms with E-state index < -0.39 is 0 Å². The minimum Gasteiger partial charge on any atom is -0.472 e. The fraction of sp³-hybridized carbons (Fsp3) is 0.385. The molecule has 1 aliphatic heterocycles. The third kappa shape index (κ3) is 2.85. The molecule has 1 aliphatic rings. The fourth-order valence-electron chi connectivity index (χ4n) is 1.90. The lowest BCUT2D eigenvalue weighted by Crippen LogP contribution is -2.02. The van der Waals surface area contributed by atoms with Crippen molar-refractivity contribution in [2.75, 3.05) is 6.61 Å². The standard InChI is InChI=1S/C13H13NO4S/c15-13(18-8-9-3-5-16-7-9)11-6-14-12(19-11)10-2-1-4-17-10/h3,5-7,10H,1-2,4,8H2/t10-/m0/s1. The number of ether oxygens (including phenoxy) is 2. The van der Waals surface area contributed by atoms with Crippen LogP contribution in [0.2, 0.25) is 0 Å². The molecule has 0 N–H and O–H groups in total. The molecule has 0 radical (unpaired) electrons. The average Bonchev–Trinajstić information content (AvgIpc) is 3.14. The highest BCUT2D eigenvalue weighted by molar-refractivity contribution is 7.13. The van der Waals surface area contributed by atoms with Gasteiger partial charge in [0, 0.05) is 12.2 Å². The molecule has 6 heteroatoms. The van der Waals surface area contributed by atoms with E-state index in [1.165, 1.54) is 11.3 Å². The van der Waals surface area contributed by atoms with Gasteiger partial charge >= 0.3 is 5.97 Å². The number of esters is 1. The summed E-state index contributed by atoms with van der Waals surface area (Å²) in [7, 11) is 0. The molecule has 0 spiro atoms. The Kier molecular flexibility index (Phi) is 3.61. The SMILES string of the molecule is O=C(OCc1ccoc1)c1cnc([C@@H]2CCCO2)s1. The second-order valence-corrected chi connectivity index (χ2v) is 5.33. The number of hydrogen-bond donors (Lipinski definition) is 0.